The van der Waals surface area contributed by atoms with Crippen molar-refractivity contribution in [2.45, 2.75) is 33.2 Å². The van der Waals surface area contributed by atoms with Crippen molar-refractivity contribution in [3.8, 4) is 0 Å². The number of aryl methyl sites for hydroxylation is 2. The van der Waals surface area contributed by atoms with Gasteiger partial charge in [-0.05, 0) is 41.7 Å². The molecule has 0 unspecified atom stereocenters. The molecule has 138 valence electrons. The van der Waals surface area contributed by atoms with Crippen LogP contribution in [0.3, 0.4) is 0 Å². The molecule has 1 aromatic carbocycles. The molecular formula is C22H24N4O. The summed E-state index contributed by atoms with van der Waals surface area (Å²) >= 11 is 0. The van der Waals surface area contributed by atoms with E-state index in [9.17, 15) is 4.79 Å². The summed E-state index contributed by atoms with van der Waals surface area (Å²) in [6.45, 7) is 4.81. The maximum atomic E-state index is 12.8. The molecule has 2 heterocycles. The number of aromatic nitrogens is 2. The van der Waals surface area contributed by atoms with Crippen LogP contribution in [0.15, 0.2) is 61.2 Å². The number of nitrogens with one attached hydrogen (secondary N) is 2. The molecule has 5 nitrogen and oxygen atoms in total. The number of carbonyl (C=O) groups excluding carboxylic acids is 1. The summed E-state index contributed by atoms with van der Waals surface area (Å²) < 4.78 is 0. The van der Waals surface area contributed by atoms with Gasteiger partial charge in [-0.2, -0.15) is 0 Å². The second-order valence-corrected chi connectivity index (χ2v) is 6.29. The maximum Gasteiger partial charge on any atom is 0.257 e. The summed E-state index contributed by atoms with van der Waals surface area (Å²) in [6, 6.07) is 11.9. The SMILES string of the molecule is CCc1cccc(CC)c1NC(=O)c1cncc(NCc2cccnc2)c1. The lowest BCUT2D eigenvalue weighted by Crippen LogP contribution is -2.15. The molecule has 1 amide bonds. The van der Waals surface area contributed by atoms with Gasteiger partial charge in [-0.15, -0.1) is 0 Å². The van der Waals surface area contributed by atoms with Crippen LogP contribution in [0.25, 0.3) is 0 Å². The zero-order valence-electron chi connectivity index (χ0n) is 15.7. The van der Waals surface area contributed by atoms with Gasteiger partial charge in [0.2, 0.25) is 0 Å². The molecule has 0 atom stereocenters. The molecule has 0 radical (unpaired) electrons. The van der Waals surface area contributed by atoms with Crippen molar-refractivity contribution in [2.75, 3.05) is 10.6 Å². The van der Waals surface area contributed by atoms with E-state index < -0.39 is 0 Å². The van der Waals surface area contributed by atoms with Crippen LogP contribution in [0.1, 0.15) is 40.9 Å². The summed E-state index contributed by atoms with van der Waals surface area (Å²) in [5.74, 6) is -0.150. The second-order valence-electron chi connectivity index (χ2n) is 6.29. The topological polar surface area (TPSA) is 66.9 Å². The molecule has 0 spiro atoms. The molecule has 3 aromatic rings. The van der Waals surface area contributed by atoms with E-state index in [-0.39, 0.29) is 5.91 Å². The summed E-state index contributed by atoms with van der Waals surface area (Å²) in [6.07, 6.45) is 8.60. The number of hydrogen-bond donors (Lipinski definition) is 2. The van der Waals surface area contributed by atoms with Crippen molar-refractivity contribution in [2.24, 2.45) is 0 Å². The summed E-state index contributed by atoms with van der Waals surface area (Å²) in [7, 11) is 0. The van der Waals surface area contributed by atoms with Gasteiger partial charge in [-0.3, -0.25) is 14.8 Å². The van der Waals surface area contributed by atoms with E-state index in [1.165, 1.54) is 0 Å². The van der Waals surface area contributed by atoms with E-state index in [1.807, 2.05) is 30.5 Å². The van der Waals surface area contributed by atoms with Crippen LogP contribution in [0.5, 0.6) is 0 Å². The average molecular weight is 360 g/mol. The number of hydrogen-bond acceptors (Lipinski definition) is 4. The zero-order chi connectivity index (χ0) is 19.1. The number of benzene rings is 1. The molecule has 0 saturated carbocycles. The Morgan fingerprint density at radius 1 is 0.963 bits per heavy atom. The average Bonchev–Trinajstić information content (AvgIpc) is 2.73. The predicted molar refractivity (Wildman–Crippen MR) is 109 cm³/mol. The fourth-order valence-corrected chi connectivity index (χ4v) is 2.96. The fourth-order valence-electron chi connectivity index (χ4n) is 2.96. The summed E-state index contributed by atoms with van der Waals surface area (Å²) in [5.41, 5.74) is 5.59. The highest BCUT2D eigenvalue weighted by molar-refractivity contribution is 6.05. The number of para-hydroxylation sites is 1. The third-order valence-electron chi connectivity index (χ3n) is 4.46. The first kappa shape index (κ1) is 18.6. The smallest absolute Gasteiger partial charge is 0.257 e. The molecule has 5 heteroatoms. The molecule has 2 aromatic heterocycles. The molecule has 0 saturated heterocycles. The van der Waals surface area contributed by atoms with Crippen molar-refractivity contribution in [3.05, 3.63) is 83.4 Å². The van der Waals surface area contributed by atoms with Crippen LogP contribution in [0.4, 0.5) is 11.4 Å². The molecule has 0 aliphatic rings. The standard InChI is InChI=1S/C22H24N4O/c1-3-17-8-5-9-18(4-2)21(17)26-22(27)19-11-20(15-24-14-19)25-13-16-7-6-10-23-12-16/h5-12,14-15,25H,3-4,13H2,1-2H3,(H,26,27). The van der Waals surface area contributed by atoms with E-state index in [0.717, 1.165) is 40.9 Å². The third kappa shape index (κ3) is 4.70. The molecule has 0 fully saturated rings. The first-order valence-corrected chi connectivity index (χ1v) is 9.21. The molecule has 2 N–H and O–H groups in total. The number of amides is 1. The molecule has 27 heavy (non-hydrogen) atoms. The van der Waals surface area contributed by atoms with Gasteiger partial charge in [0.25, 0.3) is 5.91 Å². The van der Waals surface area contributed by atoms with Crippen LogP contribution in [0.2, 0.25) is 0 Å². The third-order valence-corrected chi connectivity index (χ3v) is 4.46. The first-order chi connectivity index (χ1) is 13.2. The lowest BCUT2D eigenvalue weighted by atomic mass is 10.0. The van der Waals surface area contributed by atoms with Crippen LogP contribution in [-0.4, -0.2) is 15.9 Å². The van der Waals surface area contributed by atoms with E-state index in [0.29, 0.717) is 12.1 Å². The van der Waals surface area contributed by atoms with E-state index in [2.05, 4.69) is 46.6 Å². The lowest BCUT2D eigenvalue weighted by Gasteiger charge is -2.15. The Hall–Kier alpha value is -3.21. The number of rotatable bonds is 7. The largest absolute Gasteiger partial charge is 0.380 e. The van der Waals surface area contributed by atoms with Crippen molar-refractivity contribution in [1.29, 1.82) is 0 Å². The van der Waals surface area contributed by atoms with Crippen molar-refractivity contribution >= 4 is 17.3 Å². The van der Waals surface area contributed by atoms with E-state index in [4.69, 9.17) is 0 Å². The fraction of sp³-hybridized carbons (Fsp3) is 0.227. The van der Waals surface area contributed by atoms with E-state index >= 15 is 0 Å². The van der Waals surface area contributed by atoms with Gasteiger partial charge in [0, 0.05) is 37.0 Å². The monoisotopic (exact) mass is 360 g/mol. The minimum absolute atomic E-state index is 0.150. The second kappa shape index (κ2) is 8.94. The van der Waals surface area contributed by atoms with Gasteiger partial charge in [0.15, 0.2) is 0 Å². The van der Waals surface area contributed by atoms with Gasteiger partial charge in [-0.25, -0.2) is 0 Å². The number of anilines is 2. The van der Waals surface area contributed by atoms with Crippen LogP contribution in [0, 0.1) is 0 Å². The highest BCUT2D eigenvalue weighted by Crippen LogP contribution is 2.23. The summed E-state index contributed by atoms with van der Waals surface area (Å²) in [5, 5.41) is 6.36. The lowest BCUT2D eigenvalue weighted by molar-refractivity contribution is 0.102. The Labute approximate surface area is 159 Å². The van der Waals surface area contributed by atoms with Crippen molar-refractivity contribution in [1.82, 2.24) is 9.97 Å². The normalized spacial score (nSPS) is 10.4. The Balaban J connectivity index is 1.74. The number of carbonyl (C=O) groups is 1. The maximum absolute atomic E-state index is 12.8. The number of nitrogens with zero attached hydrogens (tertiary/aromatic N) is 2. The van der Waals surface area contributed by atoms with E-state index in [1.54, 1.807) is 18.6 Å². The highest BCUT2D eigenvalue weighted by atomic mass is 16.1. The van der Waals surface area contributed by atoms with Crippen LogP contribution >= 0.6 is 0 Å². The molecular weight excluding hydrogens is 336 g/mol. The van der Waals surface area contributed by atoms with Gasteiger partial charge in [0.1, 0.15) is 0 Å². The van der Waals surface area contributed by atoms with Gasteiger partial charge in [0.05, 0.1) is 11.3 Å². The molecule has 3 rings (SSSR count). The first-order valence-electron chi connectivity index (χ1n) is 9.21. The quantitative estimate of drug-likeness (QED) is 0.652. The Morgan fingerprint density at radius 2 is 1.74 bits per heavy atom. The van der Waals surface area contributed by atoms with Crippen molar-refractivity contribution in [3.63, 3.8) is 0 Å². The predicted octanol–water partition coefficient (Wildman–Crippen LogP) is 4.47. The zero-order valence-corrected chi connectivity index (χ0v) is 15.7. The van der Waals surface area contributed by atoms with Gasteiger partial charge < -0.3 is 10.6 Å². The Morgan fingerprint density at radius 3 is 2.41 bits per heavy atom. The van der Waals surface area contributed by atoms with Crippen LogP contribution < -0.4 is 10.6 Å². The Kier molecular flexibility index (Phi) is 6.15. The van der Waals surface area contributed by atoms with Gasteiger partial charge >= 0.3 is 0 Å². The highest BCUT2D eigenvalue weighted by Gasteiger charge is 2.12. The minimum Gasteiger partial charge on any atom is -0.380 e. The number of pyridine rings is 2. The Bertz CT molecular complexity index is 887. The molecule has 0 bridgehead atoms. The molecule has 0 aliphatic heterocycles. The van der Waals surface area contributed by atoms with Gasteiger partial charge in [-0.1, -0.05) is 38.1 Å². The minimum atomic E-state index is -0.150. The summed E-state index contributed by atoms with van der Waals surface area (Å²) in [4.78, 5) is 21.1. The van der Waals surface area contributed by atoms with Crippen molar-refractivity contribution < 1.29 is 4.79 Å². The molecule has 0 aliphatic carbocycles. The van der Waals surface area contributed by atoms with Crippen LogP contribution in [-0.2, 0) is 19.4 Å².